The van der Waals surface area contributed by atoms with Crippen LogP contribution in [0, 0.1) is 5.41 Å². The number of fused-ring (bicyclic) bond motifs is 3. The summed E-state index contributed by atoms with van der Waals surface area (Å²) in [5.41, 5.74) is 2.25. The number of hydrogen-bond acceptors (Lipinski definition) is 6. The maximum absolute atomic E-state index is 12.8. The minimum atomic E-state index is -0.0360. The number of methoxy groups -OCH3 is 1. The molecule has 1 aliphatic rings. The molecule has 1 fully saturated rings. The van der Waals surface area contributed by atoms with Gasteiger partial charge in [0.25, 0.3) is 0 Å². The third-order valence-electron chi connectivity index (χ3n) is 6.23. The smallest absolute Gasteiger partial charge is 0.223 e. The molecule has 0 spiro atoms. The van der Waals surface area contributed by atoms with Crippen molar-refractivity contribution in [3.8, 4) is 17.1 Å². The first kappa shape index (κ1) is 23.4. The van der Waals surface area contributed by atoms with Gasteiger partial charge in [0.2, 0.25) is 11.9 Å². The molecule has 3 heterocycles. The van der Waals surface area contributed by atoms with Crippen molar-refractivity contribution in [2.75, 3.05) is 38.2 Å². The molecule has 4 aromatic rings. The average Bonchev–Trinajstić information content (AvgIpc) is 3.27. The topological polar surface area (TPSA) is 75.9 Å². The summed E-state index contributed by atoms with van der Waals surface area (Å²) in [4.78, 5) is 21.9. The Morgan fingerprint density at radius 1 is 1.06 bits per heavy atom. The summed E-state index contributed by atoms with van der Waals surface area (Å²) in [5.74, 6) is 2.28. The first-order chi connectivity index (χ1) is 16.7. The fraction of sp³-hybridized carbons (Fsp3) is 0.385. The second-order valence-corrected chi connectivity index (χ2v) is 10.5. The lowest BCUT2D eigenvalue weighted by Crippen LogP contribution is -2.50. The minimum Gasteiger partial charge on any atom is -0.496 e. The number of nitrogens with zero attached hydrogens (tertiary/aromatic N) is 6. The molecular weight excluding hydrogens is 464 g/mol. The SMILES string of the molecule is COc1ccccc1-c1nnc2c3ccc(Cl)cc3nc(N3CCN(C(=O)CC(C)(C)C)CC3)n12. The Hall–Kier alpha value is -3.39. The van der Waals surface area contributed by atoms with Gasteiger partial charge in [-0.1, -0.05) is 44.5 Å². The van der Waals surface area contributed by atoms with Gasteiger partial charge < -0.3 is 14.5 Å². The number of carbonyl (C=O) groups excluding carboxylic acids is 1. The predicted molar refractivity (Wildman–Crippen MR) is 138 cm³/mol. The number of ether oxygens (including phenoxy) is 1. The molecule has 0 radical (unpaired) electrons. The van der Waals surface area contributed by atoms with Crippen molar-refractivity contribution in [3.63, 3.8) is 0 Å². The van der Waals surface area contributed by atoms with Crippen molar-refractivity contribution in [2.45, 2.75) is 27.2 Å². The van der Waals surface area contributed by atoms with Gasteiger partial charge in [0.15, 0.2) is 11.5 Å². The van der Waals surface area contributed by atoms with Gasteiger partial charge in [-0.2, -0.15) is 0 Å². The Morgan fingerprint density at radius 2 is 1.80 bits per heavy atom. The van der Waals surface area contributed by atoms with E-state index in [9.17, 15) is 4.79 Å². The Kier molecular flexibility index (Phi) is 6.01. The largest absolute Gasteiger partial charge is 0.496 e. The normalized spacial score (nSPS) is 14.7. The third-order valence-corrected chi connectivity index (χ3v) is 6.46. The highest BCUT2D eigenvalue weighted by atomic mass is 35.5. The Balaban J connectivity index is 1.59. The number of amides is 1. The van der Waals surface area contributed by atoms with E-state index in [2.05, 4.69) is 35.9 Å². The fourth-order valence-corrected chi connectivity index (χ4v) is 4.70. The van der Waals surface area contributed by atoms with Crippen LogP contribution in [0.2, 0.25) is 5.02 Å². The molecule has 35 heavy (non-hydrogen) atoms. The summed E-state index contributed by atoms with van der Waals surface area (Å²) in [6, 6.07) is 13.4. The molecule has 0 N–H and O–H groups in total. The molecule has 2 aromatic heterocycles. The summed E-state index contributed by atoms with van der Waals surface area (Å²) in [6.45, 7) is 8.87. The monoisotopic (exact) mass is 492 g/mol. The van der Waals surface area contributed by atoms with E-state index in [1.54, 1.807) is 7.11 Å². The second-order valence-electron chi connectivity index (χ2n) is 10.1. The zero-order valence-corrected chi connectivity index (χ0v) is 21.2. The summed E-state index contributed by atoms with van der Waals surface area (Å²) >= 11 is 6.30. The molecule has 1 amide bonds. The van der Waals surface area contributed by atoms with Crippen LogP contribution in [0.15, 0.2) is 42.5 Å². The first-order valence-corrected chi connectivity index (χ1v) is 12.1. The standard InChI is InChI=1S/C26H29ClN6O2/c1-26(2,3)16-22(34)31-11-13-32(14-12-31)25-28-20-15-17(27)9-10-18(20)23-29-30-24(33(23)25)19-7-5-6-8-21(19)35-4/h5-10,15H,11-14,16H2,1-4H3. The van der Waals surface area contributed by atoms with E-state index in [-0.39, 0.29) is 11.3 Å². The fourth-order valence-electron chi connectivity index (χ4n) is 4.53. The minimum absolute atomic E-state index is 0.0360. The molecule has 1 saturated heterocycles. The van der Waals surface area contributed by atoms with Gasteiger partial charge in [0.1, 0.15) is 5.75 Å². The maximum Gasteiger partial charge on any atom is 0.223 e. The van der Waals surface area contributed by atoms with E-state index < -0.39 is 0 Å². The number of benzene rings is 2. The number of rotatable bonds is 4. The summed E-state index contributed by atoms with van der Waals surface area (Å²) < 4.78 is 7.60. The van der Waals surface area contributed by atoms with Crippen LogP contribution in [0.4, 0.5) is 5.95 Å². The van der Waals surface area contributed by atoms with Crippen molar-refractivity contribution in [1.82, 2.24) is 24.5 Å². The van der Waals surface area contributed by atoms with Crippen molar-refractivity contribution in [2.24, 2.45) is 5.41 Å². The molecule has 5 rings (SSSR count). The van der Waals surface area contributed by atoms with Crippen molar-refractivity contribution < 1.29 is 9.53 Å². The molecule has 0 saturated carbocycles. The molecule has 9 heteroatoms. The van der Waals surface area contributed by atoms with Crippen LogP contribution in [-0.2, 0) is 4.79 Å². The molecular formula is C26H29ClN6O2. The lowest BCUT2D eigenvalue weighted by Gasteiger charge is -2.36. The van der Waals surface area contributed by atoms with Crippen molar-refractivity contribution in [3.05, 3.63) is 47.5 Å². The van der Waals surface area contributed by atoms with Crippen LogP contribution in [0.3, 0.4) is 0 Å². The van der Waals surface area contributed by atoms with Gasteiger partial charge in [-0.3, -0.25) is 4.79 Å². The number of piperazine rings is 1. The predicted octanol–water partition coefficient (Wildman–Crippen LogP) is 4.69. The molecule has 0 atom stereocenters. The quantitative estimate of drug-likeness (QED) is 0.411. The van der Waals surface area contributed by atoms with E-state index in [4.69, 9.17) is 21.3 Å². The highest BCUT2D eigenvalue weighted by molar-refractivity contribution is 6.31. The van der Waals surface area contributed by atoms with E-state index in [1.165, 1.54) is 0 Å². The van der Waals surface area contributed by atoms with Gasteiger partial charge in [0.05, 0.1) is 18.2 Å². The number of anilines is 1. The van der Waals surface area contributed by atoms with E-state index in [0.29, 0.717) is 54.8 Å². The number of halogens is 1. The molecule has 182 valence electrons. The summed E-state index contributed by atoms with van der Waals surface area (Å²) in [6.07, 6.45) is 0.535. The van der Waals surface area contributed by atoms with Crippen molar-refractivity contribution >= 4 is 40.0 Å². The van der Waals surface area contributed by atoms with Crippen LogP contribution in [-0.4, -0.2) is 63.7 Å². The molecule has 0 bridgehead atoms. The van der Waals surface area contributed by atoms with Crippen LogP contribution < -0.4 is 9.64 Å². The third kappa shape index (κ3) is 4.50. The Morgan fingerprint density at radius 3 is 2.51 bits per heavy atom. The van der Waals surface area contributed by atoms with Crippen LogP contribution in [0.25, 0.3) is 27.9 Å². The molecule has 1 aliphatic heterocycles. The average molecular weight is 493 g/mol. The van der Waals surface area contributed by atoms with Crippen LogP contribution in [0.1, 0.15) is 27.2 Å². The van der Waals surface area contributed by atoms with Gasteiger partial charge in [0, 0.05) is 43.0 Å². The highest BCUT2D eigenvalue weighted by Gasteiger charge is 2.28. The van der Waals surface area contributed by atoms with Gasteiger partial charge in [-0.05, 0) is 35.7 Å². The van der Waals surface area contributed by atoms with E-state index in [0.717, 1.165) is 22.4 Å². The Bertz CT molecular complexity index is 1400. The van der Waals surface area contributed by atoms with Gasteiger partial charge in [-0.15, -0.1) is 10.2 Å². The van der Waals surface area contributed by atoms with Gasteiger partial charge in [-0.25, -0.2) is 9.38 Å². The molecule has 2 aromatic carbocycles. The highest BCUT2D eigenvalue weighted by Crippen LogP contribution is 2.34. The van der Waals surface area contributed by atoms with E-state index >= 15 is 0 Å². The van der Waals surface area contributed by atoms with Gasteiger partial charge >= 0.3 is 0 Å². The number of aromatic nitrogens is 4. The lowest BCUT2D eigenvalue weighted by atomic mass is 9.91. The second kappa shape index (κ2) is 9.00. The first-order valence-electron chi connectivity index (χ1n) is 11.8. The van der Waals surface area contributed by atoms with Crippen molar-refractivity contribution in [1.29, 1.82) is 0 Å². The number of carbonyl (C=O) groups is 1. The number of para-hydroxylation sites is 1. The van der Waals surface area contributed by atoms with Crippen LogP contribution >= 0.6 is 11.6 Å². The maximum atomic E-state index is 12.8. The zero-order valence-electron chi connectivity index (χ0n) is 20.5. The zero-order chi connectivity index (χ0) is 24.7. The molecule has 8 nitrogen and oxygen atoms in total. The molecule has 0 aliphatic carbocycles. The number of hydrogen-bond donors (Lipinski definition) is 0. The van der Waals surface area contributed by atoms with E-state index in [1.807, 2.05) is 51.8 Å². The Labute approximate surface area is 209 Å². The van der Waals surface area contributed by atoms with Crippen LogP contribution in [0.5, 0.6) is 5.75 Å². The summed E-state index contributed by atoms with van der Waals surface area (Å²) in [5, 5.41) is 10.6. The lowest BCUT2D eigenvalue weighted by molar-refractivity contribution is -0.133. The summed E-state index contributed by atoms with van der Waals surface area (Å²) in [7, 11) is 1.65. The molecule has 0 unspecified atom stereocenters.